The molecule has 0 aliphatic carbocycles. The zero-order valence-corrected chi connectivity index (χ0v) is 13.4. The quantitative estimate of drug-likeness (QED) is 0.435. The largest absolute Gasteiger partial charge is 0.353 e. The van der Waals surface area contributed by atoms with Gasteiger partial charge in [-0.3, -0.25) is 4.79 Å². The molecule has 1 aromatic rings. The van der Waals surface area contributed by atoms with Crippen molar-refractivity contribution < 1.29 is 13.2 Å². The molecule has 1 unspecified atom stereocenters. The second kappa shape index (κ2) is 7.03. The van der Waals surface area contributed by atoms with Gasteiger partial charge >= 0.3 is 0 Å². The summed E-state index contributed by atoms with van der Waals surface area (Å²) in [6, 6.07) is 0.179. The van der Waals surface area contributed by atoms with Crippen LogP contribution in [-0.4, -0.2) is 31.4 Å². The molecule has 10 heteroatoms. The van der Waals surface area contributed by atoms with Crippen molar-refractivity contribution in [3.8, 4) is 0 Å². The van der Waals surface area contributed by atoms with Crippen LogP contribution in [0.3, 0.4) is 0 Å². The van der Waals surface area contributed by atoms with Gasteiger partial charge in [-0.05, 0) is 26.8 Å². The van der Waals surface area contributed by atoms with Crippen LogP contribution >= 0.6 is 11.6 Å². The molecule has 0 spiro atoms. The first kappa shape index (κ1) is 17.6. The topological polar surface area (TPSA) is 126 Å². The molecule has 0 aliphatic rings. The number of nitrogens with two attached hydrogens (primary N) is 1. The van der Waals surface area contributed by atoms with Crippen molar-refractivity contribution in [1.29, 1.82) is 0 Å². The third-order valence-corrected chi connectivity index (χ3v) is 4.22. The minimum absolute atomic E-state index is 0.0552. The molecule has 5 N–H and O–H groups in total. The number of carbonyl (C=O) groups is 1. The van der Waals surface area contributed by atoms with Crippen molar-refractivity contribution in [3.63, 3.8) is 0 Å². The van der Waals surface area contributed by atoms with Gasteiger partial charge in [-0.2, -0.15) is 4.72 Å². The molecule has 1 atom stereocenters. The highest BCUT2D eigenvalue weighted by Gasteiger charge is 2.23. The molecule has 0 saturated heterocycles. The Hall–Kier alpha value is -1.42. The van der Waals surface area contributed by atoms with Crippen LogP contribution < -0.4 is 21.3 Å². The highest BCUT2D eigenvalue weighted by atomic mass is 35.5. The van der Waals surface area contributed by atoms with Gasteiger partial charge in [0.25, 0.3) is 0 Å². The molecule has 21 heavy (non-hydrogen) atoms. The molecular formula is C11H18ClN5O3S. The molecule has 1 aromatic heterocycles. The fraction of sp³-hybridized carbons (Fsp3) is 0.455. The average Bonchev–Trinajstić information content (AvgIpc) is 2.37. The van der Waals surface area contributed by atoms with E-state index in [1.807, 2.05) is 0 Å². The fourth-order valence-corrected chi connectivity index (χ4v) is 2.90. The number of nitrogen functional groups attached to an aromatic ring is 1. The Bertz CT molecular complexity index is 620. The molecule has 0 aromatic carbocycles. The lowest BCUT2D eigenvalue weighted by molar-refractivity contribution is -0.122. The van der Waals surface area contributed by atoms with E-state index < -0.39 is 22.0 Å². The van der Waals surface area contributed by atoms with Gasteiger partial charge in [0.05, 0.1) is 11.1 Å². The monoisotopic (exact) mass is 335 g/mol. The normalized spacial score (nSPS) is 13.0. The van der Waals surface area contributed by atoms with E-state index in [1.165, 1.54) is 13.0 Å². The van der Waals surface area contributed by atoms with Crippen molar-refractivity contribution >= 4 is 33.3 Å². The van der Waals surface area contributed by atoms with Gasteiger partial charge in [0.2, 0.25) is 15.9 Å². The van der Waals surface area contributed by atoms with Crippen molar-refractivity contribution in [2.24, 2.45) is 5.84 Å². The summed E-state index contributed by atoms with van der Waals surface area (Å²) in [6.45, 7) is 5.00. The molecular weight excluding hydrogens is 318 g/mol. The minimum atomic E-state index is -3.91. The number of rotatable bonds is 6. The van der Waals surface area contributed by atoms with Crippen LogP contribution in [0.1, 0.15) is 20.8 Å². The molecule has 1 rings (SSSR count). The summed E-state index contributed by atoms with van der Waals surface area (Å²) in [6.07, 6.45) is 1.09. The maximum atomic E-state index is 12.1. The summed E-state index contributed by atoms with van der Waals surface area (Å²) in [5, 5.41) is 2.67. The molecule has 118 valence electrons. The molecule has 1 heterocycles. The Morgan fingerprint density at radius 2 is 2.00 bits per heavy atom. The smallest absolute Gasteiger partial charge is 0.242 e. The summed E-state index contributed by atoms with van der Waals surface area (Å²) in [4.78, 5) is 15.3. The Balaban J connectivity index is 2.91. The predicted octanol–water partition coefficient (Wildman–Crippen LogP) is 0.212. The van der Waals surface area contributed by atoms with E-state index >= 15 is 0 Å². The van der Waals surface area contributed by atoms with Crippen LogP contribution in [0, 0.1) is 0 Å². The zero-order chi connectivity index (χ0) is 16.2. The Labute approximate surface area is 128 Å². The van der Waals surface area contributed by atoms with Gasteiger partial charge in [0.15, 0.2) is 5.82 Å². The van der Waals surface area contributed by atoms with Crippen LogP contribution in [0.2, 0.25) is 5.02 Å². The van der Waals surface area contributed by atoms with Gasteiger partial charge in [-0.15, -0.1) is 0 Å². The first-order valence-corrected chi connectivity index (χ1v) is 7.98. The number of amides is 1. The molecule has 0 bridgehead atoms. The van der Waals surface area contributed by atoms with E-state index in [4.69, 9.17) is 17.4 Å². The van der Waals surface area contributed by atoms with Crippen LogP contribution in [0.15, 0.2) is 17.2 Å². The number of carbonyl (C=O) groups excluding carboxylic acids is 1. The highest BCUT2D eigenvalue weighted by molar-refractivity contribution is 7.89. The summed E-state index contributed by atoms with van der Waals surface area (Å²) in [5.74, 6) is 4.89. The standard InChI is InChI=1S/C11H18ClN5O3S/c1-6(2)15-11(18)7(3)17-21(19,20)8-4-9(12)10(16-13)14-5-8/h4-7,17H,13H2,1-3H3,(H,14,16)(H,15,18). The number of hydrogen-bond donors (Lipinski definition) is 4. The second-order valence-electron chi connectivity index (χ2n) is 4.65. The predicted molar refractivity (Wildman–Crippen MR) is 80.1 cm³/mol. The van der Waals surface area contributed by atoms with E-state index in [1.54, 1.807) is 13.8 Å². The van der Waals surface area contributed by atoms with Crippen LogP contribution in [0.4, 0.5) is 5.82 Å². The summed E-state index contributed by atoms with van der Waals surface area (Å²) < 4.78 is 26.5. The maximum absolute atomic E-state index is 12.1. The number of nitrogens with zero attached hydrogens (tertiary/aromatic N) is 1. The number of hydrogen-bond acceptors (Lipinski definition) is 6. The van der Waals surface area contributed by atoms with Gasteiger partial charge in [0.1, 0.15) is 4.90 Å². The highest BCUT2D eigenvalue weighted by Crippen LogP contribution is 2.21. The molecule has 0 saturated carbocycles. The van der Waals surface area contributed by atoms with Crippen LogP contribution in [-0.2, 0) is 14.8 Å². The van der Waals surface area contributed by atoms with Gasteiger partial charge in [0, 0.05) is 12.2 Å². The number of halogens is 1. The lowest BCUT2D eigenvalue weighted by Crippen LogP contribution is -2.46. The zero-order valence-electron chi connectivity index (χ0n) is 11.8. The molecule has 1 amide bonds. The number of anilines is 1. The van der Waals surface area contributed by atoms with E-state index in [0.717, 1.165) is 6.20 Å². The molecule has 0 fully saturated rings. The Morgan fingerprint density at radius 1 is 1.38 bits per heavy atom. The number of sulfonamides is 1. The average molecular weight is 336 g/mol. The number of pyridine rings is 1. The fourth-order valence-electron chi connectivity index (χ4n) is 1.44. The summed E-state index contributed by atoms with van der Waals surface area (Å²) >= 11 is 5.83. The minimum Gasteiger partial charge on any atom is -0.353 e. The van der Waals surface area contributed by atoms with Crippen molar-refractivity contribution in [3.05, 3.63) is 17.3 Å². The Morgan fingerprint density at radius 3 is 2.48 bits per heavy atom. The lowest BCUT2D eigenvalue weighted by atomic mass is 10.3. The van der Waals surface area contributed by atoms with E-state index in [-0.39, 0.29) is 21.8 Å². The third-order valence-electron chi connectivity index (χ3n) is 2.42. The van der Waals surface area contributed by atoms with E-state index in [2.05, 4.69) is 20.4 Å². The molecule has 8 nitrogen and oxygen atoms in total. The van der Waals surface area contributed by atoms with E-state index in [9.17, 15) is 13.2 Å². The van der Waals surface area contributed by atoms with Crippen LogP contribution in [0.5, 0.6) is 0 Å². The first-order valence-electron chi connectivity index (χ1n) is 6.12. The number of hydrazine groups is 1. The van der Waals surface area contributed by atoms with Gasteiger partial charge < -0.3 is 10.7 Å². The van der Waals surface area contributed by atoms with Crippen molar-refractivity contribution in [2.45, 2.75) is 37.8 Å². The van der Waals surface area contributed by atoms with Gasteiger partial charge in [-0.1, -0.05) is 11.6 Å². The summed E-state index contributed by atoms with van der Waals surface area (Å²) in [7, 11) is -3.91. The lowest BCUT2D eigenvalue weighted by Gasteiger charge is -2.16. The van der Waals surface area contributed by atoms with Crippen molar-refractivity contribution in [2.75, 3.05) is 5.43 Å². The SMILES string of the molecule is CC(C)NC(=O)C(C)NS(=O)(=O)c1cnc(NN)c(Cl)c1. The third kappa shape index (κ3) is 4.81. The molecule has 0 radical (unpaired) electrons. The number of nitrogens with one attached hydrogen (secondary N) is 3. The second-order valence-corrected chi connectivity index (χ2v) is 6.77. The maximum Gasteiger partial charge on any atom is 0.242 e. The number of aromatic nitrogens is 1. The van der Waals surface area contributed by atoms with Crippen molar-refractivity contribution in [1.82, 2.24) is 15.0 Å². The molecule has 0 aliphatic heterocycles. The van der Waals surface area contributed by atoms with Gasteiger partial charge in [-0.25, -0.2) is 19.2 Å². The van der Waals surface area contributed by atoms with E-state index in [0.29, 0.717) is 0 Å². The summed E-state index contributed by atoms with van der Waals surface area (Å²) in [5.41, 5.74) is 2.23. The van der Waals surface area contributed by atoms with Crippen LogP contribution in [0.25, 0.3) is 0 Å². The Kier molecular flexibility index (Phi) is 5.90. The first-order chi connectivity index (χ1) is 9.67.